The molecule has 0 atom stereocenters. The van der Waals surface area contributed by atoms with Gasteiger partial charge in [-0.1, -0.05) is 0 Å². The Morgan fingerprint density at radius 1 is 0.960 bits per heavy atom. The second-order valence-electron chi connectivity index (χ2n) is 5.46. The second kappa shape index (κ2) is 7.74. The Balaban J connectivity index is 1.79. The Morgan fingerprint density at radius 2 is 1.56 bits per heavy atom. The number of allylic oxidation sites excluding steroid dienone is 6. The molecule has 0 bridgehead atoms. The van der Waals surface area contributed by atoms with Crippen molar-refractivity contribution in [3.05, 3.63) is 59.9 Å². The summed E-state index contributed by atoms with van der Waals surface area (Å²) in [4.78, 5) is 8.07. The van der Waals surface area contributed by atoms with E-state index in [9.17, 15) is 4.39 Å². The third kappa shape index (κ3) is 4.32. The molecule has 6 nitrogen and oxygen atoms in total. The van der Waals surface area contributed by atoms with Gasteiger partial charge in [-0.15, -0.1) is 0 Å². The zero-order valence-corrected chi connectivity index (χ0v) is 13.3. The fourth-order valence-electron chi connectivity index (χ4n) is 2.37. The van der Waals surface area contributed by atoms with E-state index in [1.54, 1.807) is 18.2 Å². The fourth-order valence-corrected chi connectivity index (χ4v) is 2.37. The van der Waals surface area contributed by atoms with E-state index in [2.05, 4.69) is 20.6 Å². The summed E-state index contributed by atoms with van der Waals surface area (Å²) >= 11 is 0. The molecule has 25 heavy (non-hydrogen) atoms. The molecule has 0 aliphatic heterocycles. The van der Waals surface area contributed by atoms with E-state index in [1.807, 2.05) is 18.2 Å². The van der Waals surface area contributed by atoms with E-state index >= 15 is 0 Å². The quantitative estimate of drug-likeness (QED) is 0.605. The summed E-state index contributed by atoms with van der Waals surface area (Å²) < 4.78 is 14.0. The molecular formula is C16H15B2FN4O2. The van der Waals surface area contributed by atoms with Gasteiger partial charge in [0.1, 0.15) is 0 Å². The maximum atomic E-state index is 14.0. The van der Waals surface area contributed by atoms with Crippen molar-refractivity contribution in [1.29, 1.82) is 0 Å². The Bertz CT molecular complexity index is 860. The average molecular weight is 336 g/mol. The van der Waals surface area contributed by atoms with Gasteiger partial charge in [-0.2, -0.15) is 0 Å². The fraction of sp³-hybridized carbons (Fsp3) is 0.125. The summed E-state index contributed by atoms with van der Waals surface area (Å²) in [5.41, 5.74) is 2.74. The predicted molar refractivity (Wildman–Crippen MR) is 98.9 cm³/mol. The Morgan fingerprint density at radius 3 is 2.16 bits per heavy atom. The van der Waals surface area contributed by atoms with E-state index in [0.717, 1.165) is 25.9 Å². The van der Waals surface area contributed by atoms with Crippen LogP contribution >= 0.6 is 0 Å². The number of rotatable bonds is 4. The topological polar surface area (TPSA) is 90.3 Å². The van der Waals surface area contributed by atoms with Crippen LogP contribution < -0.4 is 10.6 Å². The van der Waals surface area contributed by atoms with Crippen molar-refractivity contribution in [2.75, 3.05) is 10.6 Å². The monoisotopic (exact) mass is 336 g/mol. The minimum absolute atomic E-state index is 0.0194. The van der Waals surface area contributed by atoms with Crippen LogP contribution in [0.15, 0.2) is 54.0 Å². The van der Waals surface area contributed by atoms with Gasteiger partial charge >= 0.3 is 145 Å². The molecule has 0 amide bonds. The number of anilines is 2. The van der Waals surface area contributed by atoms with Gasteiger partial charge < -0.3 is 0 Å². The third-order valence-electron chi connectivity index (χ3n) is 3.58. The molecule has 1 aromatic rings. The van der Waals surface area contributed by atoms with E-state index in [4.69, 9.17) is 10.0 Å². The van der Waals surface area contributed by atoms with Crippen molar-refractivity contribution in [1.82, 2.24) is 9.97 Å². The molecule has 0 saturated heterocycles. The second-order valence-corrected chi connectivity index (χ2v) is 5.46. The van der Waals surface area contributed by atoms with Gasteiger partial charge in [0.2, 0.25) is 0 Å². The van der Waals surface area contributed by atoms with Crippen molar-refractivity contribution >= 4 is 36.9 Å². The molecule has 1 heterocycles. The van der Waals surface area contributed by atoms with Gasteiger partial charge in [0.15, 0.2) is 0 Å². The van der Waals surface area contributed by atoms with Crippen LogP contribution in [0.25, 0.3) is 0 Å². The molecule has 1 aromatic heterocycles. The van der Waals surface area contributed by atoms with Crippen LogP contribution in [0, 0.1) is 5.82 Å². The first-order valence-corrected chi connectivity index (χ1v) is 7.67. The van der Waals surface area contributed by atoms with E-state index in [0.29, 0.717) is 29.7 Å². The molecule has 3 rings (SSSR count). The third-order valence-corrected chi connectivity index (χ3v) is 3.58. The normalized spacial score (nSPS) is 19.1. The van der Waals surface area contributed by atoms with Crippen LogP contribution in [0.5, 0.6) is 0 Å². The standard InChI is InChI=1S/C16H15B2FN4O2/c19-14-9-20-16(22-13-6-2-4-11(8-13)18-25)23-15(14)21-12-5-1-3-10(7-12)17-24/h1-2,5-9,24-25H,3-4H2,(H2,20,21,22,23). The minimum atomic E-state index is -0.593. The average Bonchev–Trinajstić information content (AvgIpc) is 2.65. The van der Waals surface area contributed by atoms with Gasteiger partial charge in [-0.3, -0.25) is 0 Å². The molecule has 0 unspecified atom stereocenters. The first-order valence-electron chi connectivity index (χ1n) is 7.67. The van der Waals surface area contributed by atoms with Gasteiger partial charge in [0.05, 0.1) is 0 Å². The molecular weight excluding hydrogens is 321 g/mol. The number of nitrogens with one attached hydrogen (secondary N) is 2. The Labute approximate surface area is 145 Å². The summed E-state index contributed by atoms with van der Waals surface area (Å²) in [6.45, 7) is 0. The van der Waals surface area contributed by atoms with Crippen LogP contribution in [0.3, 0.4) is 0 Å². The van der Waals surface area contributed by atoms with Crippen molar-refractivity contribution in [2.45, 2.75) is 12.8 Å². The van der Waals surface area contributed by atoms with Gasteiger partial charge in [-0.05, 0) is 0 Å². The molecule has 0 saturated carbocycles. The maximum absolute atomic E-state index is 14.0. The first-order chi connectivity index (χ1) is 12.2. The molecule has 0 spiro atoms. The summed E-state index contributed by atoms with van der Waals surface area (Å²) in [6.07, 6.45) is 13.1. The molecule has 4 N–H and O–H groups in total. The molecule has 2 aliphatic rings. The molecule has 124 valence electrons. The number of nitrogens with zero attached hydrogens (tertiary/aromatic N) is 2. The zero-order chi connectivity index (χ0) is 17.6. The van der Waals surface area contributed by atoms with Crippen LogP contribution in [-0.2, 0) is 0 Å². The van der Waals surface area contributed by atoms with Crippen LogP contribution in [0.2, 0.25) is 0 Å². The van der Waals surface area contributed by atoms with Crippen molar-refractivity contribution in [3.63, 3.8) is 0 Å². The van der Waals surface area contributed by atoms with Gasteiger partial charge in [0, 0.05) is 0 Å². The summed E-state index contributed by atoms with van der Waals surface area (Å²) in [5.74, 6) is -0.354. The van der Waals surface area contributed by atoms with Gasteiger partial charge in [-0.25, -0.2) is 0 Å². The number of hydrogen-bond acceptors (Lipinski definition) is 6. The van der Waals surface area contributed by atoms with Crippen molar-refractivity contribution < 1.29 is 14.4 Å². The number of hydrogen-bond donors (Lipinski definition) is 4. The Kier molecular flexibility index (Phi) is 5.23. The summed E-state index contributed by atoms with van der Waals surface area (Å²) in [7, 11) is 2.06. The number of aromatic nitrogens is 2. The predicted octanol–water partition coefficient (Wildman–Crippen LogP) is 0.695. The summed E-state index contributed by atoms with van der Waals surface area (Å²) in [5, 5.41) is 24.0. The zero-order valence-electron chi connectivity index (χ0n) is 13.3. The SMILES string of the molecule is OB=C1C=C(Nc2ncc(F)c(NC3=CC(=BO)CC=C3)n2)C=CC1. The summed E-state index contributed by atoms with van der Waals surface area (Å²) in [6, 6.07) is 0. The Hall–Kier alpha value is -2.96. The molecule has 2 aliphatic carbocycles. The molecule has 9 heteroatoms. The number of halogens is 1. The van der Waals surface area contributed by atoms with Crippen molar-refractivity contribution in [3.8, 4) is 0 Å². The molecule has 0 aromatic carbocycles. The first kappa shape index (κ1) is 16.9. The van der Waals surface area contributed by atoms with Gasteiger partial charge in [0.25, 0.3) is 0 Å². The van der Waals surface area contributed by atoms with Crippen molar-refractivity contribution in [2.24, 2.45) is 0 Å². The van der Waals surface area contributed by atoms with E-state index in [-0.39, 0.29) is 11.8 Å². The van der Waals surface area contributed by atoms with Crippen LogP contribution in [0.1, 0.15) is 12.8 Å². The molecule has 0 radical (unpaired) electrons. The van der Waals surface area contributed by atoms with E-state index < -0.39 is 5.82 Å². The van der Waals surface area contributed by atoms with Crippen LogP contribution in [-0.4, -0.2) is 45.2 Å². The van der Waals surface area contributed by atoms with E-state index in [1.165, 1.54) is 0 Å². The van der Waals surface area contributed by atoms with Crippen LogP contribution in [0.4, 0.5) is 16.2 Å². The molecule has 0 fully saturated rings.